The van der Waals surface area contributed by atoms with E-state index in [0.717, 1.165) is 52.8 Å². The van der Waals surface area contributed by atoms with Crippen LogP contribution in [0.15, 0.2) is 49.1 Å². The molecular weight excluding hydrogens is 389 g/mol. The van der Waals surface area contributed by atoms with Gasteiger partial charge in [-0.25, -0.2) is 9.97 Å². The number of hydrogen-bond acceptors (Lipinski definition) is 3. The number of fused-ring (bicyclic) bond motifs is 1. The summed E-state index contributed by atoms with van der Waals surface area (Å²) in [6.07, 6.45) is 5.01. The number of nitrogens with zero attached hydrogens (tertiary/aromatic N) is 2. The van der Waals surface area contributed by atoms with E-state index in [1.165, 1.54) is 11.1 Å². The van der Waals surface area contributed by atoms with Gasteiger partial charge in [0.1, 0.15) is 19.5 Å². The Morgan fingerprint density at radius 3 is 2.44 bits per heavy atom. The predicted molar refractivity (Wildman–Crippen MR) is 139 cm³/mol. The summed E-state index contributed by atoms with van der Waals surface area (Å²) in [7, 11) is 5.94. The molecule has 1 heterocycles. The highest BCUT2D eigenvalue weighted by atomic mass is 15.0. The number of aromatic nitrogens is 2. The molecule has 0 aliphatic heterocycles. The van der Waals surface area contributed by atoms with Gasteiger partial charge in [0.25, 0.3) is 0 Å². The van der Waals surface area contributed by atoms with Crippen LogP contribution in [0.4, 0.5) is 5.82 Å². The molecule has 32 heavy (non-hydrogen) atoms. The fourth-order valence-corrected chi connectivity index (χ4v) is 4.25. The number of hydrogen-bond donors (Lipinski definition) is 1. The van der Waals surface area contributed by atoms with Gasteiger partial charge in [0.2, 0.25) is 0 Å². The first-order valence-corrected chi connectivity index (χ1v) is 11.6. The van der Waals surface area contributed by atoms with Crippen LogP contribution in [-0.2, 0) is 19.4 Å². The molecule has 0 saturated carbocycles. The fraction of sp³-hybridized carbons (Fsp3) is 0.429. The molecule has 2 radical (unpaired) electrons. The van der Waals surface area contributed by atoms with E-state index in [2.05, 4.69) is 64.7 Å². The van der Waals surface area contributed by atoms with E-state index in [4.69, 9.17) is 17.8 Å². The molecule has 3 nitrogen and oxygen atoms in total. The first-order valence-electron chi connectivity index (χ1n) is 11.6. The Balaban J connectivity index is 1.99. The van der Waals surface area contributed by atoms with Crippen LogP contribution in [0, 0.1) is 17.8 Å². The highest BCUT2D eigenvalue weighted by Gasteiger charge is 2.36. The number of allylic oxidation sites excluding steroid dienone is 1. The molecule has 4 heteroatoms. The molecular formula is C28H36BN3. The van der Waals surface area contributed by atoms with Gasteiger partial charge in [-0.15, -0.1) is 6.58 Å². The summed E-state index contributed by atoms with van der Waals surface area (Å²) < 4.78 is 0. The van der Waals surface area contributed by atoms with E-state index in [1.807, 2.05) is 31.2 Å². The summed E-state index contributed by atoms with van der Waals surface area (Å²) in [5.74, 6) is 1.65. The molecule has 0 saturated heterocycles. The van der Waals surface area contributed by atoms with Crippen molar-refractivity contribution in [3.05, 3.63) is 71.6 Å². The second-order valence-electron chi connectivity index (χ2n) is 10.1. The van der Waals surface area contributed by atoms with E-state index in [1.54, 1.807) is 0 Å². The Morgan fingerprint density at radius 1 is 1.03 bits per heavy atom. The normalized spacial score (nSPS) is 12.2. The van der Waals surface area contributed by atoms with Gasteiger partial charge >= 0.3 is 0 Å². The molecule has 0 atom stereocenters. The maximum atomic E-state index is 5.94. The summed E-state index contributed by atoms with van der Waals surface area (Å²) in [6.45, 7) is 18.2. The Morgan fingerprint density at radius 2 is 1.78 bits per heavy atom. The van der Waals surface area contributed by atoms with Crippen molar-refractivity contribution in [2.24, 2.45) is 10.8 Å². The van der Waals surface area contributed by atoms with Gasteiger partial charge in [0.05, 0.1) is 5.52 Å². The zero-order chi connectivity index (χ0) is 23.5. The van der Waals surface area contributed by atoms with Crippen LogP contribution >= 0.6 is 0 Å². The third kappa shape index (κ3) is 5.23. The van der Waals surface area contributed by atoms with Gasteiger partial charge in [0.15, 0.2) is 0 Å². The molecule has 0 aliphatic rings. The monoisotopic (exact) mass is 425 g/mol. The molecule has 3 rings (SSSR count). The average molecular weight is 425 g/mol. The lowest BCUT2D eigenvalue weighted by Gasteiger charge is -2.42. The van der Waals surface area contributed by atoms with E-state index in [-0.39, 0.29) is 10.8 Å². The number of benzene rings is 2. The van der Waals surface area contributed by atoms with Gasteiger partial charge in [-0.3, -0.25) is 0 Å². The third-order valence-electron chi connectivity index (χ3n) is 7.04. The van der Waals surface area contributed by atoms with Crippen LogP contribution in [0.1, 0.15) is 63.6 Å². The minimum Gasteiger partial charge on any atom is -0.365 e. The summed E-state index contributed by atoms with van der Waals surface area (Å²) >= 11 is 0. The zero-order valence-electron chi connectivity index (χ0n) is 20.5. The summed E-state index contributed by atoms with van der Waals surface area (Å²) in [4.78, 5) is 9.50. The van der Waals surface area contributed by atoms with Crippen molar-refractivity contribution in [3.8, 4) is 0 Å². The highest BCUT2D eigenvalue weighted by Crippen LogP contribution is 2.44. The van der Waals surface area contributed by atoms with Crippen molar-refractivity contribution in [1.82, 2.24) is 9.97 Å². The van der Waals surface area contributed by atoms with Crippen LogP contribution in [0.5, 0.6) is 0 Å². The van der Waals surface area contributed by atoms with Crippen LogP contribution < -0.4 is 10.8 Å². The molecule has 166 valence electrons. The first kappa shape index (κ1) is 24.0. The molecule has 0 aliphatic carbocycles. The van der Waals surface area contributed by atoms with E-state index >= 15 is 0 Å². The fourth-order valence-electron chi connectivity index (χ4n) is 4.25. The number of aryl methyl sites for hydroxylation is 2. The van der Waals surface area contributed by atoms with Gasteiger partial charge in [-0.2, -0.15) is 0 Å². The number of nitrogens with one attached hydrogen (secondary N) is 1. The van der Waals surface area contributed by atoms with Crippen molar-refractivity contribution in [2.75, 3.05) is 5.32 Å². The molecule has 0 amide bonds. The van der Waals surface area contributed by atoms with Gasteiger partial charge in [-0.1, -0.05) is 70.4 Å². The highest BCUT2D eigenvalue weighted by molar-refractivity contribution is 6.32. The van der Waals surface area contributed by atoms with Crippen LogP contribution in [-0.4, -0.2) is 17.8 Å². The Hall–Kier alpha value is -2.62. The minimum atomic E-state index is 0.120. The molecule has 2 aromatic carbocycles. The van der Waals surface area contributed by atoms with Gasteiger partial charge in [0, 0.05) is 11.9 Å². The molecule has 0 unspecified atom stereocenters. The summed E-state index contributed by atoms with van der Waals surface area (Å²) in [5.41, 5.74) is 5.91. The van der Waals surface area contributed by atoms with Crippen molar-refractivity contribution in [3.63, 3.8) is 0 Å². The number of rotatable bonds is 9. The largest absolute Gasteiger partial charge is 0.365 e. The lowest BCUT2D eigenvalue weighted by molar-refractivity contribution is 0.113. The van der Waals surface area contributed by atoms with E-state index in [0.29, 0.717) is 6.54 Å². The van der Waals surface area contributed by atoms with Gasteiger partial charge in [-0.05, 0) is 65.8 Å². The maximum absolute atomic E-state index is 5.94. The topological polar surface area (TPSA) is 37.8 Å². The lowest BCUT2D eigenvalue weighted by Crippen LogP contribution is -2.34. The van der Waals surface area contributed by atoms with Crippen molar-refractivity contribution < 1.29 is 0 Å². The molecule has 0 fully saturated rings. The lowest BCUT2D eigenvalue weighted by atomic mass is 9.63. The van der Waals surface area contributed by atoms with Crippen molar-refractivity contribution in [1.29, 1.82) is 0 Å². The summed E-state index contributed by atoms with van der Waals surface area (Å²) in [6, 6.07) is 12.5. The Labute approximate surface area is 195 Å². The average Bonchev–Trinajstić information content (AvgIpc) is 2.71. The molecule has 1 aromatic heterocycles. The third-order valence-corrected chi connectivity index (χ3v) is 7.04. The van der Waals surface area contributed by atoms with Gasteiger partial charge < -0.3 is 5.32 Å². The van der Waals surface area contributed by atoms with E-state index in [9.17, 15) is 0 Å². The zero-order valence-corrected chi connectivity index (χ0v) is 20.5. The van der Waals surface area contributed by atoms with Crippen LogP contribution in [0.2, 0.25) is 0 Å². The minimum absolute atomic E-state index is 0.120. The second-order valence-corrected chi connectivity index (χ2v) is 10.1. The smallest absolute Gasteiger partial charge is 0.137 e. The molecule has 1 N–H and O–H groups in total. The number of anilines is 1. The molecule has 3 aromatic rings. The van der Waals surface area contributed by atoms with Crippen molar-refractivity contribution >= 4 is 30.0 Å². The van der Waals surface area contributed by atoms with Crippen molar-refractivity contribution in [2.45, 2.75) is 67.3 Å². The SMILES string of the molecule is [B]c1cccc(CNc2nc(C)nc3cc(CC(C)(C)C(C)(C)CC=C)c(CC)cc23)c1. The molecule has 0 bridgehead atoms. The quantitative estimate of drug-likeness (QED) is 0.334. The van der Waals surface area contributed by atoms with E-state index < -0.39 is 0 Å². The maximum Gasteiger partial charge on any atom is 0.137 e. The predicted octanol–water partition coefficient (Wildman–Crippen LogP) is 6.08. The Kier molecular flexibility index (Phi) is 7.12. The second kappa shape index (κ2) is 9.48. The van der Waals surface area contributed by atoms with Crippen LogP contribution in [0.25, 0.3) is 10.9 Å². The summed E-state index contributed by atoms with van der Waals surface area (Å²) in [5, 5.41) is 4.59. The Bertz CT molecular complexity index is 1120. The molecule has 0 spiro atoms. The van der Waals surface area contributed by atoms with Crippen LogP contribution in [0.3, 0.4) is 0 Å². The first-order chi connectivity index (χ1) is 15.1. The standard InChI is InChI=1S/C28H36BN3/c1-8-13-27(4,5)28(6,7)17-22-16-25-24(15-21(22)9-2)26(32-19(3)31-25)30-18-20-11-10-12-23(29)14-20/h8,10-12,14-16H,1,9,13,17-18H2,2-7H3,(H,30,31,32).